The minimum Gasteiger partial charge on any atom is -0.274 e. The van der Waals surface area contributed by atoms with Crippen LogP contribution in [0, 0.1) is 0 Å². The van der Waals surface area contributed by atoms with Crippen LogP contribution >= 0.6 is 45.8 Å². The molecule has 8 heteroatoms. The third-order valence-electron chi connectivity index (χ3n) is 4.30. The number of rotatable bonds is 7. The highest BCUT2D eigenvalue weighted by Gasteiger charge is 2.16. The number of thiophene rings is 2. The van der Waals surface area contributed by atoms with Crippen molar-refractivity contribution in [2.75, 3.05) is 0 Å². The van der Waals surface area contributed by atoms with Crippen LogP contribution in [0.2, 0.25) is 0 Å². The van der Waals surface area contributed by atoms with Gasteiger partial charge in [0.2, 0.25) is 0 Å². The molecule has 0 saturated carbocycles. The van der Waals surface area contributed by atoms with Crippen LogP contribution in [0.25, 0.3) is 16.3 Å². The van der Waals surface area contributed by atoms with Gasteiger partial charge < -0.3 is 0 Å². The molecule has 1 aromatic carbocycles. The van der Waals surface area contributed by atoms with E-state index in [1.165, 1.54) is 10.4 Å². The van der Waals surface area contributed by atoms with Crippen molar-refractivity contribution in [1.29, 1.82) is 0 Å². The standard InChI is InChI=1S/C21H16N4S4/c1-2-5-17(6-3-1)25-19(11-18-7-4-9-27-18)23-24-21(25)29-14-16-13-28-20(22-16)15-8-10-26-12-15/h1-10,12-13H,11,14H2. The number of thiazole rings is 1. The molecule has 0 spiro atoms. The second-order valence-corrected chi connectivity index (χ2v) is 9.88. The van der Waals surface area contributed by atoms with Gasteiger partial charge in [-0.05, 0) is 35.0 Å². The van der Waals surface area contributed by atoms with Gasteiger partial charge in [-0.15, -0.1) is 32.9 Å². The highest BCUT2D eigenvalue weighted by Crippen LogP contribution is 2.30. The lowest BCUT2D eigenvalue weighted by Crippen LogP contribution is -2.03. The first-order valence-electron chi connectivity index (χ1n) is 8.99. The van der Waals surface area contributed by atoms with Gasteiger partial charge in [0.05, 0.1) is 5.69 Å². The number of benzene rings is 1. The van der Waals surface area contributed by atoms with Gasteiger partial charge in [0.1, 0.15) is 10.8 Å². The summed E-state index contributed by atoms with van der Waals surface area (Å²) in [5.74, 6) is 1.73. The van der Waals surface area contributed by atoms with E-state index >= 15 is 0 Å². The number of hydrogen-bond acceptors (Lipinski definition) is 7. The van der Waals surface area contributed by atoms with Crippen molar-refractivity contribution in [3.63, 3.8) is 0 Å². The van der Waals surface area contributed by atoms with Gasteiger partial charge >= 0.3 is 0 Å². The number of aromatic nitrogens is 4. The van der Waals surface area contributed by atoms with E-state index in [1.54, 1.807) is 45.8 Å². The monoisotopic (exact) mass is 452 g/mol. The normalized spacial score (nSPS) is 11.2. The molecule has 5 aromatic rings. The molecule has 0 radical (unpaired) electrons. The Labute approximate surface area is 184 Å². The summed E-state index contributed by atoms with van der Waals surface area (Å²) in [5, 5.41) is 19.4. The average molecular weight is 453 g/mol. The lowest BCUT2D eigenvalue weighted by Gasteiger charge is -2.09. The Morgan fingerprint density at radius 2 is 1.83 bits per heavy atom. The average Bonchev–Trinajstić information content (AvgIpc) is 3.54. The molecule has 0 aliphatic carbocycles. The van der Waals surface area contributed by atoms with Crippen molar-refractivity contribution >= 4 is 45.8 Å². The first-order chi connectivity index (χ1) is 14.4. The Morgan fingerprint density at radius 3 is 2.62 bits per heavy atom. The van der Waals surface area contributed by atoms with Crippen LogP contribution in [0.1, 0.15) is 16.4 Å². The summed E-state index contributed by atoms with van der Waals surface area (Å²) in [4.78, 5) is 6.07. The lowest BCUT2D eigenvalue weighted by molar-refractivity contribution is 0.850. The van der Waals surface area contributed by atoms with Crippen LogP contribution < -0.4 is 0 Å². The van der Waals surface area contributed by atoms with Gasteiger partial charge in [-0.25, -0.2) is 4.98 Å². The molecule has 5 rings (SSSR count). The summed E-state index contributed by atoms with van der Waals surface area (Å²) in [6, 6.07) is 16.7. The van der Waals surface area contributed by atoms with Crippen molar-refractivity contribution in [2.45, 2.75) is 17.3 Å². The summed E-state index contributed by atoms with van der Waals surface area (Å²) >= 11 is 6.82. The highest BCUT2D eigenvalue weighted by atomic mass is 32.2. The molecule has 144 valence electrons. The minimum atomic E-state index is 0.768. The van der Waals surface area contributed by atoms with Crippen molar-refractivity contribution in [2.24, 2.45) is 0 Å². The zero-order chi connectivity index (χ0) is 19.5. The summed E-state index contributed by atoms with van der Waals surface area (Å²) in [5.41, 5.74) is 3.36. The Balaban J connectivity index is 1.40. The van der Waals surface area contributed by atoms with E-state index in [4.69, 9.17) is 4.98 Å². The van der Waals surface area contributed by atoms with Gasteiger partial charge in [-0.1, -0.05) is 36.0 Å². The third kappa shape index (κ3) is 4.20. The van der Waals surface area contributed by atoms with Crippen LogP contribution in [-0.4, -0.2) is 19.7 Å². The minimum absolute atomic E-state index is 0.768. The van der Waals surface area contributed by atoms with Crippen LogP contribution in [0.3, 0.4) is 0 Å². The summed E-state index contributed by atoms with van der Waals surface area (Å²) in [6.45, 7) is 0. The Bertz CT molecular complexity index is 1170. The molecule has 0 unspecified atom stereocenters. The summed E-state index contributed by atoms with van der Waals surface area (Å²) in [7, 11) is 0. The summed E-state index contributed by atoms with van der Waals surface area (Å²) in [6.07, 6.45) is 0.777. The van der Waals surface area contributed by atoms with E-state index in [2.05, 4.69) is 66.6 Å². The number of thioether (sulfide) groups is 1. The second-order valence-electron chi connectivity index (χ2n) is 6.27. The topological polar surface area (TPSA) is 43.6 Å². The van der Waals surface area contributed by atoms with Gasteiger partial charge in [-0.3, -0.25) is 4.57 Å². The van der Waals surface area contributed by atoms with Gasteiger partial charge in [-0.2, -0.15) is 11.3 Å². The van der Waals surface area contributed by atoms with E-state index in [0.717, 1.165) is 39.5 Å². The molecule has 0 saturated heterocycles. The smallest absolute Gasteiger partial charge is 0.196 e. The highest BCUT2D eigenvalue weighted by molar-refractivity contribution is 7.98. The maximum Gasteiger partial charge on any atom is 0.196 e. The SMILES string of the molecule is c1ccc(-n2c(Cc3cccs3)nnc2SCc2csc(-c3ccsc3)n2)cc1. The molecule has 4 heterocycles. The molecule has 0 amide bonds. The number of para-hydroxylation sites is 1. The predicted molar refractivity (Wildman–Crippen MR) is 123 cm³/mol. The molecule has 0 aliphatic heterocycles. The molecule has 4 nitrogen and oxygen atoms in total. The maximum absolute atomic E-state index is 4.79. The van der Waals surface area contributed by atoms with E-state index < -0.39 is 0 Å². The fourth-order valence-corrected chi connectivity index (χ4v) is 6.15. The van der Waals surface area contributed by atoms with E-state index in [-0.39, 0.29) is 0 Å². The Morgan fingerprint density at radius 1 is 0.897 bits per heavy atom. The van der Waals surface area contributed by atoms with E-state index in [1.807, 2.05) is 18.2 Å². The third-order valence-corrected chi connectivity index (χ3v) is 7.76. The maximum atomic E-state index is 4.79. The van der Waals surface area contributed by atoms with Crippen molar-refractivity contribution < 1.29 is 0 Å². The molecule has 4 aromatic heterocycles. The Hall–Kier alpha value is -2.26. The number of hydrogen-bond donors (Lipinski definition) is 0. The van der Waals surface area contributed by atoms with Gasteiger partial charge in [0.25, 0.3) is 0 Å². The van der Waals surface area contributed by atoms with Crippen LogP contribution in [0.15, 0.2) is 75.2 Å². The zero-order valence-electron chi connectivity index (χ0n) is 15.3. The molecule has 0 bridgehead atoms. The van der Waals surface area contributed by atoms with Crippen molar-refractivity contribution in [3.05, 3.63) is 86.4 Å². The molecular formula is C21H16N4S4. The molecule has 0 aliphatic rings. The fourth-order valence-electron chi connectivity index (χ4n) is 2.94. The quantitative estimate of drug-likeness (QED) is 0.268. The molecule has 0 N–H and O–H groups in total. The van der Waals surface area contributed by atoms with E-state index in [9.17, 15) is 0 Å². The second kappa shape index (κ2) is 8.62. The molecule has 29 heavy (non-hydrogen) atoms. The zero-order valence-corrected chi connectivity index (χ0v) is 18.5. The first kappa shape index (κ1) is 18.7. The van der Waals surface area contributed by atoms with Crippen molar-refractivity contribution in [1.82, 2.24) is 19.7 Å². The molecular weight excluding hydrogens is 437 g/mol. The van der Waals surface area contributed by atoms with E-state index in [0.29, 0.717) is 0 Å². The van der Waals surface area contributed by atoms with Crippen LogP contribution in [0.4, 0.5) is 0 Å². The first-order valence-corrected chi connectivity index (χ1v) is 12.7. The molecule has 0 fully saturated rings. The van der Waals surface area contributed by atoms with Gasteiger partial charge in [0.15, 0.2) is 5.16 Å². The predicted octanol–water partition coefficient (Wildman–Crippen LogP) is 6.40. The van der Waals surface area contributed by atoms with Crippen LogP contribution in [-0.2, 0) is 12.2 Å². The fraction of sp³-hybridized carbons (Fsp3) is 0.0952. The molecule has 0 atom stereocenters. The van der Waals surface area contributed by atoms with Gasteiger partial charge in [0, 0.05) is 39.1 Å². The van der Waals surface area contributed by atoms with Crippen LogP contribution in [0.5, 0.6) is 0 Å². The summed E-state index contributed by atoms with van der Waals surface area (Å²) < 4.78 is 2.16. The Kier molecular flexibility index (Phi) is 5.58. The van der Waals surface area contributed by atoms with Crippen molar-refractivity contribution in [3.8, 4) is 16.3 Å². The lowest BCUT2D eigenvalue weighted by atomic mass is 10.3. The largest absolute Gasteiger partial charge is 0.274 e. The number of nitrogens with zero attached hydrogens (tertiary/aromatic N) is 4.